The number of fused-ring (bicyclic) bond motifs is 1. The van der Waals surface area contributed by atoms with E-state index < -0.39 is 6.43 Å². The predicted octanol–water partition coefficient (Wildman–Crippen LogP) is 3.25. The fourth-order valence-electron chi connectivity index (χ4n) is 3.28. The molecule has 1 fully saturated rings. The molecule has 3 aliphatic rings. The Hall–Kier alpha value is -2.44. The van der Waals surface area contributed by atoms with Gasteiger partial charge in [-0.25, -0.2) is 13.5 Å². The molecule has 7 heteroatoms. The summed E-state index contributed by atoms with van der Waals surface area (Å²) in [5.74, 6) is 0.173. The van der Waals surface area contributed by atoms with Gasteiger partial charge in [-0.1, -0.05) is 12.2 Å². The summed E-state index contributed by atoms with van der Waals surface area (Å²) in [5.41, 5.74) is 1.57. The second-order valence-electron chi connectivity index (χ2n) is 6.36. The number of likely N-dealkylation sites (tertiary alicyclic amines) is 1. The van der Waals surface area contributed by atoms with Crippen LogP contribution in [0.1, 0.15) is 36.5 Å². The number of allylic oxidation sites excluding steroid dienone is 5. The molecule has 1 amide bonds. The minimum atomic E-state index is -2.67. The Morgan fingerprint density at radius 1 is 1.38 bits per heavy atom. The van der Waals surface area contributed by atoms with E-state index in [1.54, 1.807) is 0 Å². The van der Waals surface area contributed by atoms with Gasteiger partial charge in [-0.2, -0.15) is 5.10 Å². The van der Waals surface area contributed by atoms with Gasteiger partial charge in [0, 0.05) is 18.3 Å². The quantitative estimate of drug-likeness (QED) is 0.904. The van der Waals surface area contributed by atoms with Crippen molar-refractivity contribution in [1.82, 2.24) is 14.7 Å². The Morgan fingerprint density at radius 2 is 2.17 bits per heavy atom. The number of hydrogen-bond donors (Lipinski definition) is 1. The standard InChI is InChI=1S/C17H18F2N4O/c1-10-4-2-3-7-22(10)17(24)12-9-20-23-14(15(18)19)8-13(11-5-6-11)21-16(12)23/h5-6,8-10,15,21H,2-4,7H2,1H3. The van der Waals surface area contributed by atoms with Crippen molar-refractivity contribution in [2.45, 2.75) is 38.7 Å². The number of piperidine rings is 1. The monoisotopic (exact) mass is 332 g/mol. The number of nitrogens with one attached hydrogen (secondary N) is 1. The first kappa shape index (κ1) is 15.1. The molecule has 1 aromatic heterocycles. The van der Waals surface area contributed by atoms with Gasteiger partial charge in [0.05, 0.1) is 6.20 Å². The fraction of sp³-hybridized carbons (Fsp3) is 0.412. The van der Waals surface area contributed by atoms with E-state index in [2.05, 4.69) is 10.4 Å². The number of anilines is 1. The molecule has 0 spiro atoms. The van der Waals surface area contributed by atoms with E-state index in [1.165, 1.54) is 12.3 Å². The van der Waals surface area contributed by atoms with Crippen LogP contribution >= 0.6 is 0 Å². The first-order valence-corrected chi connectivity index (χ1v) is 8.14. The van der Waals surface area contributed by atoms with Gasteiger partial charge in [-0.15, -0.1) is 0 Å². The Kier molecular flexibility index (Phi) is 3.51. The highest BCUT2D eigenvalue weighted by Crippen LogP contribution is 2.34. The van der Waals surface area contributed by atoms with Gasteiger partial charge in [0.1, 0.15) is 17.1 Å². The number of alkyl halides is 2. The second kappa shape index (κ2) is 5.58. The number of carbonyl (C=O) groups is 1. The van der Waals surface area contributed by atoms with Crippen molar-refractivity contribution in [3.8, 4) is 0 Å². The summed E-state index contributed by atoms with van der Waals surface area (Å²) in [6.45, 7) is 2.71. The molecular weight excluding hydrogens is 314 g/mol. The molecule has 0 saturated carbocycles. The lowest BCUT2D eigenvalue weighted by molar-refractivity contribution is 0.0636. The van der Waals surface area contributed by atoms with Crippen LogP contribution in [0.4, 0.5) is 14.6 Å². The van der Waals surface area contributed by atoms with Crippen LogP contribution in [-0.4, -0.2) is 39.6 Å². The average molecular weight is 332 g/mol. The Morgan fingerprint density at radius 3 is 2.83 bits per heavy atom. The van der Waals surface area contributed by atoms with Gasteiger partial charge in [0.15, 0.2) is 0 Å². The van der Waals surface area contributed by atoms with E-state index in [4.69, 9.17) is 0 Å². The molecule has 5 nitrogen and oxygen atoms in total. The van der Waals surface area contributed by atoms with E-state index >= 15 is 0 Å². The normalized spacial score (nSPS) is 22.4. The first-order valence-electron chi connectivity index (χ1n) is 8.14. The maximum Gasteiger partial charge on any atom is 0.280 e. The van der Waals surface area contributed by atoms with Gasteiger partial charge >= 0.3 is 0 Å². The van der Waals surface area contributed by atoms with Crippen LogP contribution in [0.5, 0.6) is 0 Å². The van der Waals surface area contributed by atoms with E-state index in [-0.39, 0.29) is 17.6 Å². The summed E-state index contributed by atoms with van der Waals surface area (Å²) < 4.78 is 27.9. The summed E-state index contributed by atoms with van der Waals surface area (Å²) >= 11 is 0. The zero-order valence-corrected chi connectivity index (χ0v) is 13.3. The lowest BCUT2D eigenvalue weighted by Gasteiger charge is -2.33. The number of hydrogen-bond acceptors (Lipinski definition) is 3. The van der Waals surface area contributed by atoms with Crippen molar-refractivity contribution < 1.29 is 13.6 Å². The summed E-state index contributed by atoms with van der Waals surface area (Å²) in [6, 6.07) is 0.151. The highest BCUT2D eigenvalue weighted by molar-refractivity contribution is 6.00. The molecule has 1 atom stereocenters. The van der Waals surface area contributed by atoms with Gasteiger partial charge in [0.2, 0.25) is 0 Å². The third-order valence-electron chi connectivity index (χ3n) is 4.72. The van der Waals surface area contributed by atoms with Crippen molar-refractivity contribution in [1.29, 1.82) is 0 Å². The Balaban J connectivity index is 1.72. The zero-order valence-electron chi connectivity index (χ0n) is 13.3. The summed E-state index contributed by atoms with van der Waals surface area (Å²) in [7, 11) is 0. The molecule has 0 radical (unpaired) electrons. The van der Waals surface area contributed by atoms with Crippen molar-refractivity contribution in [2.24, 2.45) is 0 Å². The highest BCUT2D eigenvalue weighted by Gasteiger charge is 2.32. The van der Waals surface area contributed by atoms with Crippen LogP contribution in [0.15, 0.2) is 35.7 Å². The lowest BCUT2D eigenvalue weighted by atomic mass is 10.0. The predicted molar refractivity (Wildman–Crippen MR) is 86.6 cm³/mol. The van der Waals surface area contributed by atoms with Crippen molar-refractivity contribution in [2.75, 3.05) is 11.9 Å². The third-order valence-corrected chi connectivity index (χ3v) is 4.72. The summed E-state index contributed by atoms with van der Waals surface area (Å²) in [5, 5.41) is 7.12. The first-order chi connectivity index (χ1) is 11.6. The maximum atomic E-state index is 13.4. The molecule has 24 heavy (non-hydrogen) atoms. The van der Waals surface area contributed by atoms with E-state index in [1.807, 2.05) is 24.0 Å². The van der Waals surface area contributed by atoms with Crippen LogP contribution in [-0.2, 0) is 0 Å². The van der Waals surface area contributed by atoms with Crippen molar-refractivity contribution in [3.05, 3.63) is 41.3 Å². The van der Waals surface area contributed by atoms with Crippen LogP contribution in [0.25, 0.3) is 5.70 Å². The Labute approximate surface area is 138 Å². The van der Waals surface area contributed by atoms with Gasteiger partial charge in [-0.3, -0.25) is 4.79 Å². The van der Waals surface area contributed by atoms with Gasteiger partial charge < -0.3 is 10.2 Å². The van der Waals surface area contributed by atoms with Gasteiger partial charge in [0.25, 0.3) is 12.3 Å². The minimum Gasteiger partial charge on any atom is -0.339 e. The molecule has 126 valence electrons. The van der Waals surface area contributed by atoms with Crippen molar-refractivity contribution in [3.63, 3.8) is 0 Å². The largest absolute Gasteiger partial charge is 0.339 e. The fourth-order valence-corrected chi connectivity index (χ4v) is 3.28. The molecule has 4 rings (SSSR count). The smallest absolute Gasteiger partial charge is 0.280 e. The third kappa shape index (κ3) is 2.44. The summed E-state index contributed by atoms with van der Waals surface area (Å²) in [6.07, 6.45) is 6.81. The molecule has 0 bridgehead atoms. The SMILES string of the molecule is CC1CCCCN1C(=O)c1cnn2c1NC(=C1C=C1)C=C2C(F)F. The molecular formula is C17H18F2N4O. The molecule has 3 heterocycles. The Bertz CT molecular complexity index is 783. The minimum absolute atomic E-state index is 0.151. The topological polar surface area (TPSA) is 50.2 Å². The van der Waals surface area contributed by atoms with Crippen LogP contribution < -0.4 is 5.32 Å². The van der Waals surface area contributed by atoms with E-state index in [9.17, 15) is 13.6 Å². The zero-order chi connectivity index (χ0) is 16.8. The molecule has 0 aromatic carbocycles. The van der Waals surface area contributed by atoms with Crippen LogP contribution in [0.3, 0.4) is 0 Å². The molecule has 2 aliphatic heterocycles. The number of halogens is 2. The van der Waals surface area contributed by atoms with E-state index in [0.29, 0.717) is 23.6 Å². The van der Waals surface area contributed by atoms with E-state index in [0.717, 1.165) is 29.5 Å². The molecule has 1 N–H and O–H groups in total. The number of nitrogens with zero attached hydrogens (tertiary/aromatic N) is 3. The van der Waals surface area contributed by atoms with Crippen LogP contribution in [0, 0.1) is 0 Å². The number of rotatable bonds is 2. The molecule has 1 aliphatic carbocycles. The molecule has 1 aromatic rings. The highest BCUT2D eigenvalue weighted by atomic mass is 19.3. The van der Waals surface area contributed by atoms with Gasteiger partial charge in [-0.05, 0) is 37.8 Å². The number of aromatic nitrogens is 2. The molecule has 1 saturated heterocycles. The number of carbonyl (C=O) groups excluding carboxylic acids is 1. The number of amides is 1. The second-order valence-corrected chi connectivity index (χ2v) is 6.36. The maximum absolute atomic E-state index is 13.4. The molecule has 1 unspecified atom stereocenters. The average Bonchev–Trinajstić information content (AvgIpc) is 3.33. The van der Waals surface area contributed by atoms with Crippen molar-refractivity contribution >= 4 is 17.4 Å². The van der Waals surface area contributed by atoms with Crippen LogP contribution in [0.2, 0.25) is 0 Å². The lowest BCUT2D eigenvalue weighted by Crippen LogP contribution is -2.42. The summed E-state index contributed by atoms with van der Waals surface area (Å²) in [4.78, 5) is 14.7.